The van der Waals surface area contributed by atoms with E-state index in [0.29, 0.717) is 0 Å². The molecule has 1 aromatic carbocycles. The lowest BCUT2D eigenvalue weighted by atomic mass is 10.3. The third-order valence-electron chi connectivity index (χ3n) is 2.52. The Bertz CT molecular complexity index is 608. The monoisotopic (exact) mass is 244 g/mol. The van der Waals surface area contributed by atoms with E-state index < -0.39 is 0 Å². The Morgan fingerprint density at radius 1 is 1.24 bits per heavy atom. The van der Waals surface area contributed by atoms with E-state index in [2.05, 4.69) is 16.4 Å². The number of hydrogen-bond donors (Lipinski definition) is 1. The fraction of sp³-hybridized carbons (Fsp3) is 0.154. The van der Waals surface area contributed by atoms with E-state index in [9.17, 15) is 0 Å². The first kappa shape index (κ1) is 10.5. The highest BCUT2D eigenvalue weighted by Gasteiger charge is 2.09. The molecule has 0 bridgehead atoms. The van der Waals surface area contributed by atoms with Crippen molar-refractivity contribution in [1.29, 1.82) is 0 Å². The van der Waals surface area contributed by atoms with E-state index >= 15 is 0 Å². The van der Waals surface area contributed by atoms with E-state index in [-0.39, 0.29) is 0 Å². The number of nitrogens with zero attached hydrogens (tertiary/aromatic N) is 1. The van der Waals surface area contributed by atoms with Crippen LogP contribution in [0.15, 0.2) is 40.8 Å². The van der Waals surface area contributed by atoms with E-state index in [1.165, 1.54) is 4.70 Å². The minimum Gasteiger partial charge on any atom is -0.457 e. The van der Waals surface area contributed by atoms with Crippen molar-refractivity contribution >= 4 is 21.6 Å². The summed E-state index contributed by atoms with van der Waals surface area (Å²) in [6.07, 6.45) is 0. The van der Waals surface area contributed by atoms with Crippen molar-refractivity contribution in [2.45, 2.75) is 6.54 Å². The van der Waals surface area contributed by atoms with Crippen LogP contribution in [0.4, 0.5) is 0 Å². The molecule has 0 aliphatic heterocycles. The quantitative estimate of drug-likeness (QED) is 0.768. The molecular weight excluding hydrogens is 232 g/mol. The highest BCUT2D eigenvalue weighted by Crippen LogP contribution is 2.30. The van der Waals surface area contributed by atoms with Gasteiger partial charge in [-0.25, -0.2) is 4.98 Å². The average Bonchev–Trinajstić information content (AvgIpc) is 2.94. The summed E-state index contributed by atoms with van der Waals surface area (Å²) >= 11 is 1.66. The smallest absolute Gasteiger partial charge is 0.163 e. The van der Waals surface area contributed by atoms with Gasteiger partial charge in [-0.1, -0.05) is 12.1 Å². The second kappa shape index (κ2) is 4.31. The maximum absolute atomic E-state index is 5.73. The molecule has 0 unspecified atom stereocenters. The Hall–Kier alpha value is -1.65. The summed E-state index contributed by atoms with van der Waals surface area (Å²) in [5, 5.41) is 4.00. The van der Waals surface area contributed by atoms with Gasteiger partial charge in [0.2, 0.25) is 0 Å². The van der Waals surface area contributed by atoms with E-state index in [1.54, 1.807) is 11.3 Å². The molecule has 0 fully saturated rings. The van der Waals surface area contributed by atoms with Crippen LogP contribution in [0.25, 0.3) is 21.0 Å². The van der Waals surface area contributed by atoms with Crippen LogP contribution < -0.4 is 5.32 Å². The molecule has 0 spiro atoms. The summed E-state index contributed by atoms with van der Waals surface area (Å²) in [7, 11) is 1.90. The van der Waals surface area contributed by atoms with Crippen LogP contribution in [-0.4, -0.2) is 12.0 Å². The van der Waals surface area contributed by atoms with Gasteiger partial charge in [0.25, 0.3) is 0 Å². The fourth-order valence-electron chi connectivity index (χ4n) is 1.74. The van der Waals surface area contributed by atoms with Gasteiger partial charge < -0.3 is 9.73 Å². The number of benzene rings is 1. The zero-order valence-electron chi connectivity index (χ0n) is 9.43. The summed E-state index contributed by atoms with van der Waals surface area (Å²) in [5.41, 5.74) is 1.03. The summed E-state index contributed by atoms with van der Waals surface area (Å²) in [4.78, 5) is 4.56. The molecule has 0 amide bonds. The van der Waals surface area contributed by atoms with Crippen molar-refractivity contribution in [2.75, 3.05) is 7.05 Å². The Kier molecular flexibility index (Phi) is 2.66. The molecule has 0 aliphatic rings. The molecule has 3 aromatic rings. The van der Waals surface area contributed by atoms with Crippen LogP contribution >= 0.6 is 11.3 Å². The topological polar surface area (TPSA) is 38.1 Å². The predicted octanol–water partition coefficient (Wildman–Crippen LogP) is 3.28. The molecular formula is C13H12N2OS. The van der Waals surface area contributed by atoms with Gasteiger partial charge in [0.1, 0.15) is 5.76 Å². The molecule has 1 N–H and O–H groups in total. The molecule has 0 atom stereocenters. The number of thiazole rings is 1. The Morgan fingerprint density at radius 2 is 2.12 bits per heavy atom. The average molecular weight is 244 g/mol. The first-order valence-corrected chi connectivity index (χ1v) is 6.28. The van der Waals surface area contributed by atoms with E-state index in [0.717, 1.165) is 28.6 Å². The number of para-hydroxylation sites is 1. The molecule has 0 aliphatic carbocycles. The van der Waals surface area contributed by atoms with Crippen LogP contribution in [0.3, 0.4) is 0 Å². The summed E-state index contributed by atoms with van der Waals surface area (Å²) in [5.74, 6) is 1.78. The maximum Gasteiger partial charge on any atom is 0.163 e. The highest BCUT2D eigenvalue weighted by atomic mass is 32.1. The van der Waals surface area contributed by atoms with Crippen molar-refractivity contribution in [3.63, 3.8) is 0 Å². The maximum atomic E-state index is 5.73. The number of fused-ring (bicyclic) bond motifs is 1. The first-order valence-electron chi connectivity index (χ1n) is 5.46. The standard InChI is InChI=1S/C13H12N2OS/c1-14-8-9-6-7-11(16-9)13-15-10-4-2-3-5-12(10)17-13/h2-7,14H,8H2,1H3. The third-order valence-corrected chi connectivity index (χ3v) is 3.57. The number of furan rings is 1. The van der Waals surface area contributed by atoms with Gasteiger partial charge in [-0.2, -0.15) is 0 Å². The molecule has 3 nitrogen and oxygen atoms in total. The van der Waals surface area contributed by atoms with Gasteiger partial charge in [0, 0.05) is 0 Å². The van der Waals surface area contributed by atoms with Crippen molar-refractivity contribution in [1.82, 2.24) is 10.3 Å². The summed E-state index contributed by atoms with van der Waals surface area (Å²) < 4.78 is 6.91. The normalized spacial score (nSPS) is 11.1. The van der Waals surface area contributed by atoms with Gasteiger partial charge in [-0.05, 0) is 31.3 Å². The first-order chi connectivity index (χ1) is 8.36. The van der Waals surface area contributed by atoms with Crippen molar-refractivity contribution in [3.05, 3.63) is 42.2 Å². The second-order valence-corrected chi connectivity index (χ2v) is 4.81. The summed E-state index contributed by atoms with van der Waals surface area (Å²) in [6, 6.07) is 12.1. The molecule has 2 aromatic heterocycles. The highest BCUT2D eigenvalue weighted by molar-refractivity contribution is 7.21. The van der Waals surface area contributed by atoms with Crippen molar-refractivity contribution in [3.8, 4) is 10.8 Å². The lowest BCUT2D eigenvalue weighted by Gasteiger charge is -1.92. The lowest BCUT2D eigenvalue weighted by Crippen LogP contribution is -2.03. The molecule has 0 saturated heterocycles. The van der Waals surface area contributed by atoms with Crippen LogP contribution in [0.1, 0.15) is 5.76 Å². The Morgan fingerprint density at radius 3 is 2.94 bits per heavy atom. The largest absolute Gasteiger partial charge is 0.457 e. The zero-order valence-corrected chi connectivity index (χ0v) is 10.3. The van der Waals surface area contributed by atoms with E-state index in [1.807, 2.05) is 37.4 Å². The van der Waals surface area contributed by atoms with Gasteiger partial charge in [0.05, 0.1) is 16.8 Å². The number of rotatable bonds is 3. The fourth-order valence-corrected chi connectivity index (χ4v) is 2.67. The minimum absolute atomic E-state index is 0.741. The number of hydrogen-bond acceptors (Lipinski definition) is 4. The lowest BCUT2D eigenvalue weighted by molar-refractivity contribution is 0.507. The number of aromatic nitrogens is 1. The van der Waals surface area contributed by atoms with Gasteiger partial charge in [0.15, 0.2) is 10.8 Å². The number of nitrogens with one attached hydrogen (secondary N) is 1. The van der Waals surface area contributed by atoms with Crippen LogP contribution in [0.2, 0.25) is 0 Å². The second-order valence-electron chi connectivity index (χ2n) is 3.78. The molecule has 0 radical (unpaired) electrons. The van der Waals surface area contributed by atoms with E-state index in [4.69, 9.17) is 4.42 Å². The third kappa shape index (κ3) is 1.97. The molecule has 17 heavy (non-hydrogen) atoms. The van der Waals surface area contributed by atoms with Crippen molar-refractivity contribution < 1.29 is 4.42 Å². The molecule has 3 rings (SSSR count). The minimum atomic E-state index is 0.741. The molecule has 86 valence electrons. The SMILES string of the molecule is CNCc1ccc(-c2nc3ccccc3s2)o1. The molecule has 2 heterocycles. The Balaban J connectivity index is 2.01. The Labute approximate surface area is 103 Å². The van der Waals surface area contributed by atoms with Gasteiger partial charge in [-0.15, -0.1) is 11.3 Å². The molecule has 0 saturated carbocycles. The van der Waals surface area contributed by atoms with Gasteiger partial charge >= 0.3 is 0 Å². The van der Waals surface area contributed by atoms with Crippen LogP contribution in [-0.2, 0) is 6.54 Å². The molecule has 4 heteroatoms. The van der Waals surface area contributed by atoms with Crippen molar-refractivity contribution in [2.24, 2.45) is 0 Å². The summed E-state index contributed by atoms with van der Waals surface area (Å²) in [6.45, 7) is 0.741. The van der Waals surface area contributed by atoms with Crippen LogP contribution in [0, 0.1) is 0 Å². The predicted molar refractivity (Wildman–Crippen MR) is 70.1 cm³/mol. The zero-order chi connectivity index (χ0) is 11.7. The van der Waals surface area contributed by atoms with Crippen LogP contribution in [0.5, 0.6) is 0 Å². The van der Waals surface area contributed by atoms with Gasteiger partial charge in [-0.3, -0.25) is 0 Å².